The summed E-state index contributed by atoms with van der Waals surface area (Å²) in [6, 6.07) is 20.8. The van der Waals surface area contributed by atoms with Gasteiger partial charge in [0.25, 0.3) is 0 Å². The molecule has 0 radical (unpaired) electrons. The van der Waals surface area contributed by atoms with E-state index in [1.165, 1.54) is 5.56 Å². The van der Waals surface area contributed by atoms with Crippen LogP contribution < -0.4 is 0 Å². The van der Waals surface area contributed by atoms with Crippen molar-refractivity contribution in [2.75, 3.05) is 6.26 Å². The Labute approximate surface area is 139 Å². The van der Waals surface area contributed by atoms with E-state index >= 15 is 0 Å². The molecule has 4 heteroatoms. The summed E-state index contributed by atoms with van der Waals surface area (Å²) < 4.78 is 2.11. The number of nitrogens with zero attached hydrogens (tertiary/aromatic N) is 3. The van der Waals surface area contributed by atoms with E-state index in [1.54, 1.807) is 11.8 Å². The number of thioether (sulfide) groups is 1. The maximum atomic E-state index is 4.57. The number of aromatic nitrogens is 3. The van der Waals surface area contributed by atoms with Crippen LogP contribution >= 0.6 is 11.8 Å². The number of imidazole rings is 1. The minimum absolute atomic E-state index is 0.994. The predicted molar refractivity (Wildman–Crippen MR) is 96.1 cm³/mol. The lowest BCUT2D eigenvalue weighted by Crippen LogP contribution is -1.90. The maximum absolute atomic E-state index is 4.57. The van der Waals surface area contributed by atoms with Crippen molar-refractivity contribution in [3.8, 4) is 16.8 Å². The van der Waals surface area contributed by atoms with E-state index in [4.69, 9.17) is 0 Å². The molecule has 0 N–H and O–H groups in total. The summed E-state index contributed by atoms with van der Waals surface area (Å²) in [6.07, 6.45) is 5.77. The van der Waals surface area contributed by atoms with Gasteiger partial charge in [-0.2, -0.15) is 0 Å². The van der Waals surface area contributed by atoms with Gasteiger partial charge in [-0.1, -0.05) is 24.3 Å². The molecule has 2 heterocycles. The first-order chi connectivity index (χ1) is 11.3. The van der Waals surface area contributed by atoms with Gasteiger partial charge in [0.1, 0.15) is 6.33 Å². The van der Waals surface area contributed by atoms with E-state index in [0.717, 1.165) is 27.3 Å². The Morgan fingerprint density at radius 3 is 2.52 bits per heavy atom. The number of hydrogen-bond acceptors (Lipinski definition) is 3. The summed E-state index contributed by atoms with van der Waals surface area (Å²) in [5.41, 5.74) is 5.55. The molecule has 112 valence electrons. The van der Waals surface area contributed by atoms with Gasteiger partial charge in [-0.3, -0.25) is 4.57 Å². The first kappa shape index (κ1) is 14.0. The van der Waals surface area contributed by atoms with Crippen LogP contribution in [0.25, 0.3) is 27.8 Å². The van der Waals surface area contributed by atoms with Gasteiger partial charge in [-0.25, -0.2) is 9.97 Å². The Hall–Kier alpha value is -2.59. The first-order valence-electron chi connectivity index (χ1n) is 7.38. The molecule has 0 amide bonds. The summed E-state index contributed by atoms with van der Waals surface area (Å²) in [5, 5.41) is 1.03. The zero-order valence-corrected chi connectivity index (χ0v) is 13.5. The molecular weight excluding hydrogens is 302 g/mol. The van der Waals surface area contributed by atoms with Crippen LogP contribution in [0.15, 0.2) is 78.2 Å². The zero-order chi connectivity index (χ0) is 15.6. The van der Waals surface area contributed by atoms with Crippen molar-refractivity contribution in [2.45, 2.75) is 5.03 Å². The van der Waals surface area contributed by atoms with Gasteiger partial charge in [0, 0.05) is 11.9 Å². The quantitative estimate of drug-likeness (QED) is 0.508. The lowest BCUT2D eigenvalue weighted by Gasteiger charge is -2.06. The minimum Gasteiger partial charge on any atom is -0.299 e. The number of benzene rings is 2. The van der Waals surface area contributed by atoms with Crippen molar-refractivity contribution in [1.82, 2.24) is 14.5 Å². The second-order valence-corrected chi connectivity index (χ2v) is 6.07. The van der Waals surface area contributed by atoms with Gasteiger partial charge in [0.05, 0.1) is 16.1 Å². The van der Waals surface area contributed by atoms with Crippen LogP contribution in [-0.2, 0) is 0 Å². The van der Waals surface area contributed by atoms with Gasteiger partial charge in [0.15, 0.2) is 0 Å². The Morgan fingerprint density at radius 1 is 0.870 bits per heavy atom. The normalized spacial score (nSPS) is 11.0. The molecule has 0 aliphatic carbocycles. The van der Waals surface area contributed by atoms with Crippen molar-refractivity contribution < 1.29 is 0 Å². The van der Waals surface area contributed by atoms with Crippen molar-refractivity contribution in [3.63, 3.8) is 0 Å². The summed E-state index contributed by atoms with van der Waals surface area (Å²) in [5.74, 6) is 0. The van der Waals surface area contributed by atoms with Gasteiger partial charge < -0.3 is 0 Å². The van der Waals surface area contributed by atoms with Crippen LogP contribution in [0.5, 0.6) is 0 Å². The van der Waals surface area contributed by atoms with Gasteiger partial charge in [0.2, 0.25) is 0 Å². The molecule has 0 atom stereocenters. The third-order valence-electron chi connectivity index (χ3n) is 3.86. The molecule has 0 aliphatic heterocycles. The number of hydrogen-bond donors (Lipinski definition) is 0. The summed E-state index contributed by atoms with van der Waals surface area (Å²) in [7, 11) is 0. The topological polar surface area (TPSA) is 30.7 Å². The second-order valence-electron chi connectivity index (χ2n) is 5.24. The minimum atomic E-state index is 0.994. The highest BCUT2D eigenvalue weighted by atomic mass is 32.2. The summed E-state index contributed by atoms with van der Waals surface area (Å²) in [4.78, 5) is 8.90. The molecule has 0 spiro atoms. The Balaban J connectivity index is 1.81. The van der Waals surface area contributed by atoms with Crippen LogP contribution in [0.3, 0.4) is 0 Å². The molecule has 3 nitrogen and oxygen atoms in total. The van der Waals surface area contributed by atoms with Gasteiger partial charge in [-0.15, -0.1) is 11.8 Å². The first-order valence-corrected chi connectivity index (χ1v) is 8.60. The monoisotopic (exact) mass is 317 g/mol. The van der Waals surface area contributed by atoms with E-state index in [0.29, 0.717) is 0 Å². The highest BCUT2D eigenvalue weighted by molar-refractivity contribution is 7.98. The van der Waals surface area contributed by atoms with E-state index in [2.05, 4.69) is 50.9 Å². The molecule has 0 aliphatic rings. The molecule has 4 rings (SSSR count). The maximum Gasteiger partial charge on any atom is 0.100 e. The third-order valence-corrected chi connectivity index (χ3v) is 4.50. The molecule has 0 unspecified atom stereocenters. The van der Waals surface area contributed by atoms with Crippen LogP contribution in [0, 0.1) is 0 Å². The summed E-state index contributed by atoms with van der Waals surface area (Å²) in [6.45, 7) is 0. The number of rotatable bonds is 3. The summed E-state index contributed by atoms with van der Waals surface area (Å²) >= 11 is 1.65. The van der Waals surface area contributed by atoms with E-state index in [1.807, 2.05) is 43.0 Å². The molecule has 0 fully saturated rings. The predicted octanol–water partition coefficient (Wildman–Crippen LogP) is 4.81. The third kappa shape index (κ3) is 2.62. The fourth-order valence-electron chi connectivity index (χ4n) is 2.69. The standard InChI is InChI=1S/C19H15N3S/c1-23-19-12-15(9-10-20-19)14-7-8-18-17(11-14)21-13-22(18)16-5-3-2-4-6-16/h2-13H,1H3. The van der Waals surface area contributed by atoms with E-state index in [-0.39, 0.29) is 0 Å². The van der Waals surface area contributed by atoms with Crippen LogP contribution in [-0.4, -0.2) is 20.8 Å². The van der Waals surface area contributed by atoms with Gasteiger partial charge in [-0.05, 0) is 53.8 Å². The SMILES string of the molecule is CSc1cc(-c2ccc3c(c2)ncn3-c2ccccc2)ccn1. The van der Waals surface area contributed by atoms with Crippen molar-refractivity contribution in [2.24, 2.45) is 0 Å². The zero-order valence-electron chi connectivity index (χ0n) is 12.7. The lowest BCUT2D eigenvalue weighted by molar-refractivity contribution is 1.09. The molecule has 0 saturated heterocycles. The van der Waals surface area contributed by atoms with Crippen molar-refractivity contribution >= 4 is 22.8 Å². The average Bonchev–Trinajstić information content (AvgIpc) is 3.05. The van der Waals surface area contributed by atoms with Crippen molar-refractivity contribution in [1.29, 1.82) is 0 Å². The Kier molecular flexibility index (Phi) is 3.60. The highest BCUT2D eigenvalue weighted by Gasteiger charge is 2.07. The number of pyridine rings is 1. The van der Waals surface area contributed by atoms with Gasteiger partial charge >= 0.3 is 0 Å². The average molecular weight is 317 g/mol. The molecular formula is C19H15N3S. The van der Waals surface area contributed by atoms with E-state index in [9.17, 15) is 0 Å². The highest BCUT2D eigenvalue weighted by Crippen LogP contribution is 2.27. The van der Waals surface area contributed by atoms with Crippen LogP contribution in [0.4, 0.5) is 0 Å². The van der Waals surface area contributed by atoms with Crippen LogP contribution in [0.1, 0.15) is 0 Å². The fraction of sp³-hybridized carbons (Fsp3) is 0.0526. The Morgan fingerprint density at radius 2 is 1.70 bits per heavy atom. The molecule has 4 aromatic rings. The van der Waals surface area contributed by atoms with E-state index < -0.39 is 0 Å². The van der Waals surface area contributed by atoms with Crippen molar-refractivity contribution in [3.05, 3.63) is 73.2 Å². The van der Waals surface area contributed by atoms with Crippen LogP contribution in [0.2, 0.25) is 0 Å². The molecule has 2 aromatic heterocycles. The molecule has 0 bridgehead atoms. The lowest BCUT2D eigenvalue weighted by atomic mass is 10.1. The molecule has 2 aromatic carbocycles. The molecule has 23 heavy (non-hydrogen) atoms. The Bertz CT molecular complexity index is 961. The fourth-order valence-corrected chi connectivity index (χ4v) is 3.10. The number of fused-ring (bicyclic) bond motifs is 1. The number of para-hydroxylation sites is 1. The smallest absolute Gasteiger partial charge is 0.100 e. The second kappa shape index (κ2) is 5.89. The molecule has 0 saturated carbocycles. The largest absolute Gasteiger partial charge is 0.299 e.